The third kappa shape index (κ3) is 68.0. The van der Waals surface area contributed by atoms with Crippen LogP contribution in [0.25, 0.3) is 0 Å². The third-order valence-corrected chi connectivity index (χ3v) is 20.8. The second-order valence-electron chi connectivity index (χ2n) is 29.9. The summed E-state index contributed by atoms with van der Waals surface area (Å²) in [6.07, 6.45) is 125. The van der Waals surface area contributed by atoms with Crippen LogP contribution in [0.1, 0.15) is 502 Å². The minimum Gasteiger partial charge on any atom is -0.384 e. The lowest BCUT2D eigenvalue weighted by molar-refractivity contribution is 0.517. The lowest BCUT2D eigenvalue weighted by Gasteiger charge is -2.28. The monoisotopic (exact) mass is 1250 g/mol. The van der Waals surface area contributed by atoms with Gasteiger partial charge in [-0.15, -0.1) is 0 Å². The molecule has 1 aliphatic rings. The van der Waals surface area contributed by atoms with Crippen LogP contribution in [0.2, 0.25) is 0 Å². The highest BCUT2D eigenvalue weighted by Crippen LogP contribution is 2.23. The van der Waals surface area contributed by atoms with E-state index in [1.165, 1.54) is 487 Å². The van der Waals surface area contributed by atoms with Crippen molar-refractivity contribution in [3.63, 3.8) is 0 Å². The second kappa shape index (κ2) is 78.3. The summed E-state index contributed by atoms with van der Waals surface area (Å²) in [7, 11) is 0. The van der Waals surface area contributed by atoms with E-state index < -0.39 is 0 Å². The van der Waals surface area contributed by atoms with Crippen LogP contribution in [0, 0.1) is 0 Å². The van der Waals surface area contributed by atoms with Crippen LogP contribution in [-0.4, -0.2) is 11.7 Å². The molecule has 1 aliphatic heterocycles. The minimum atomic E-state index is 0.323. The van der Waals surface area contributed by atoms with Gasteiger partial charge in [-0.05, 0) is 56.9 Å². The molecule has 0 aromatic rings. The molecule has 0 fully saturated rings. The molecule has 0 bridgehead atoms. The SMILES string of the molecule is CCCCCCCCCCCCCCCCCCCCCCCCCC/C=C/B1C=CC=C(/C=C/CCCCCCCCCCCCCCCCCCCCCCCCCC)N1/C=C/CCCCCCCCCCCCCCCCCCCCCCCCCC. The predicted molar refractivity (Wildman–Crippen MR) is 416 cm³/mol. The summed E-state index contributed by atoms with van der Waals surface area (Å²) < 4.78 is 0. The highest BCUT2D eigenvalue weighted by Gasteiger charge is 2.19. The van der Waals surface area contributed by atoms with Crippen molar-refractivity contribution < 1.29 is 0 Å². The first-order valence-electron chi connectivity index (χ1n) is 43.0. The molecule has 1 rings (SSSR count). The Morgan fingerprint density at radius 3 is 0.644 bits per heavy atom. The van der Waals surface area contributed by atoms with E-state index in [1.807, 2.05) is 0 Å². The third-order valence-electron chi connectivity index (χ3n) is 20.8. The van der Waals surface area contributed by atoms with Gasteiger partial charge in [-0.3, -0.25) is 0 Å². The average Bonchev–Trinajstić information content (AvgIpc) is 2.01. The quantitative estimate of drug-likeness (QED) is 0.0433. The number of allylic oxidation sites excluding steroid dienone is 6. The Labute approximate surface area is 571 Å². The topological polar surface area (TPSA) is 3.24 Å². The fraction of sp³-hybridized carbons (Fsp3) is 0.886. The number of rotatable bonds is 78. The zero-order chi connectivity index (χ0) is 64.1. The van der Waals surface area contributed by atoms with Crippen LogP contribution >= 0.6 is 0 Å². The van der Waals surface area contributed by atoms with Crippen molar-refractivity contribution >= 4 is 6.85 Å². The molecule has 0 amide bonds. The smallest absolute Gasteiger partial charge is 0.312 e. The van der Waals surface area contributed by atoms with Crippen molar-refractivity contribution in [3.05, 3.63) is 60.3 Å². The van der Waals surface area contributed by atoms with Crippen molar-refractivity contribution in [2.24, 2.45) is 0 Å². The van der Waals surface area contributed by atoms with Crippen molar-refractivity contribution in [1.82, 2.24) is 4.81 Å². The zero-order valence-corrected chi connectivity index (χ0v) is 62.8. The minimum absolute atomic E-state index is 0.323. The summed E-state index contributed by atoms with van der Waals surface area (Å²) in [5.41, 5.74) is 1.36. The first-order chi connectivity index (χ1) is 44.8. The summed E-state index contributed by atoms with van der Waals surface area (Å²) in [6.45, 7) is 7.28. The highest BCUT2D eigenvalue weighted by atomic mass is 15.0. The van der Waals surface area contributed by atoms with Gasteiger partial charge in [0.2, 0.25) is 0 Å². The molecule has 0 radical (unpaired) electrons. The van der Waals surface area contributed by atoms with Gasteiger partial charge in [0.1, 0.15) is 0 Å². The molecule has 0 aromatic carbocycles. The van der Waals surface area contributed by atoms with E-state index in [4.69, 9.17) is 0 Å². The maximum absolute atomic E-state index is 2.56. The Kier molecular flexibility index (Phi) is 75.3. The molecule has 1 heterocycles. The molecule has 528 valence electrons. The molecule has 0 unspecified atom stereocenters. The van der Waals surface area contributed by atoms with Crippen LogP contribution in [0.4, 0.5) is 0 Å². The molecule has 0 spiro atoms. The summed E-state index contributed by atoms with van der Waals surface area (Å²) in [5.74, 6) is 4.92. The van der Waals surface area contributed by atoms with Crippen molar-refractivity contribution in [3.8, 4) is 0 Å². The number of hydrogen-bond acceptors (Lipinski definition) is 1. The molecule has 0 aliphatic carbocycles. The molecule has 90 heavy (non-hydrogen) atoms. The summed E-state index contributed by atoms with van der Waals surface area (Å²) in [6, 6.07) is 0. The number of nitrogens with zero attached hydrogens (tertiary/aromatic N) is 1. The number of unbranched alkanes of at least 4 members (excludes halogenated alkanes) is 72. The van der Waals surface area contributed by atoms with Gasteiger partial charge in [-0.25, -0.2) is 0 Å². The summed E-state index contributed by atoms with van der Waals surface area (Å²) in [4.78, 5) is 2.56. The molecule has 0 saturated heterocycles. The molecule has 0 N–H and O–H groups in total. The lowest BCUT2D eigenvalue weighted by Crippen LogP contribution is -2.33. The Bertz CT molecular complexity index is 1470. The second-order valence-corrected chi connectivity index (χ2v) is 29.9. The van der Waals surface area contributed by atoms with Crippen LogP contribution in [0.5, 0.6) is 0 Å². The van der Waals surface area contributed by atoms with Gasteiger partial charge in [-0.1, -0.05) is 500 Å². The fourth-order valence-corrected chi connectivity index (χ4v) is 14.4. The summed E-state index contributed by atoms with van der Waals surface area (Å²) >= 11 is 0. The molecular weight excluding hydrogens is 1080 g/mol. The molecule has 1 nitrogen and oxygen atoms in total. The summed E-state index contributed by atoms with van der Waals surface area (Å²) in [5, 5.41) is 0. The van der Waals surface area contributed by atoms with E-state index >= 15 is 0 Å². The van der Waals surface area contributed by atoms with Crippen LogP contribution < -0.4 is 0 Å². The normalized spacial score (nSPS) is 12.9. The van der Waals surface area contributed by atoms with E-state index in [2.05, 4.69) is 80.2 Å². The van der Waals surface area contributed by atoms with E-state index in [1.54, 1.807) is 0 Å². The average molecular weight is 1250 g/mol. The van der Waals surface area contributed by atoms with Gasteiger partial charge in [-0.2, -0.15) is 0 Å². The van der Waals surface area contributed by atoms with Gasteiger partial charge in [0.25, 0.3) is 0 Å². The van der Waals surface area contributed by atoms with Crippen LogP contribution in [0.15, 0.2) is 60.3 Å². The van der Waals surface area contributed by atoms with Gasteiger partial charge in [0.05, 0.1) is 0 Å². The van der Waals surface area contributed by atoms with Gasteiger partial charge in [0, 0.05) is 5.70 Å². The highest BCUT2D eigenvalue weighted by molar-refractivity contribution is 6.67. The maximum Gasteiger partial charge on any atom is 0.312 e. The standard InChI is InChI=1S/C88H168BN/c1-4-7-10-13-16-19-22-25-28-31-34-37-40-43-46-49-52-55-58-61-64-67-70-73-76-79-83-88-84-82-86-89(85-80-77-74-71-68-65-62-59-56-53-50-47-44-41-38-35-32-29-26-23-20-17-14-11-8-5-2)90(88)87-81-78-75-72-69-66-63-60-57-54-51-48-45-42-39-36-33-30-27-24-21-18-15-12-9-6-3/h79-87H,4-78H2,1-3H3/b83-79+,85-80+,87-81+. The van der Waals surface area contributed by atoms with Gasteiger partial charge < -0.3 is 4.81 Å². The first kappa shape index (κ1) is 86.6. The van der Waals surface area contributed by atoms with Crippen LogP contribution in [-0.2, 0) is 0 Å². The van der Waals surface area contributed by atoms with Crippen LogP contribution in [0.3, 0.4) is 0 Å². The van der Waals surface area contributed by atoms with Gasteiger partial charge >= 0.3 is 6.85 Å². The Balaban J connectivity index is 2.26. The Morgan fingerprint density at radius 1 is 0.233 bits per heavy atom. The van der Waals surface area contributed by atoms with E-state index in [0.29, 0.717) is 6.85 Å². The molecule has 0 saturated carbocycles. The maximum atomic E-state index is 2.56. The molecule has 0 aromatic heterocycles. The molecular formula is C88H168BN. The predicted octanol–water partition coefficient (Wildman–Crippen LogP) is 32.8. The Morgan fingerprint density at radius 2 is 0.422 bits per heavy atom. The van der Waals surface area contributed by atoms with E-state index in [-0.39, 0.29) is 0 Å². The lowest BCUT2D eigenvalue weighted by atomic mass is 9.58. The van der Waals surface area contributed by atoms with E-state index in [0.717, 1.165) is 0 Å². The largest absolute Gasteiger partial charge is 0.384 e. The van der Waals surface area contributed by atoms with Gasteiger partial charge in [0.15, 0.2) is 0 Å². The molecule has 0 atom stereocenters. The zero-order valence-electron chi connectivity index (χ0n) is 62.8. The van der Waals surface area contributed by atoms with Crippen molar-refractivity contribution in [1.29, 1.82) is 0 Å². The Hall–Kier alpha value is -1.44. The number of hydrogen-bond donors (Lipinski definition) is 0. The van der Waals surface area contributed by atoms with E-state index in [9.17, 15) is 0 Å². The fourth-order valence-electron chi connectivity index (χ4n) is 14.4. The van der Waals surface area contributed by atoms with Crippen molar-refractivity contribution in [2.75, 3.05) is 0 Å². The first-order valence-corrected chi connectivity index (χ1v) is 43.0. The molecule has 2 heteroatoms. The van der Waals surface area contributed by atoms with Crippen molar-refractivity contribution in [2.45, 2.75) is 502 Å².